The molecule has 0 spiro atoms. The lowest BCUT2D eigenvalue weighted by atomic mass is 9.93. The number of rotatable bonds is 5. The number of carbonyl (C=O) groups is 2. The van der Waals surface area contributed by atoms with Gasteiger partial charge in [-0.3, -0.25) is 23.5 Å². The normalized spacial score (nSPS) is 18.5. The molecule has 168 valence electrons. The molecule has 3 heterocycles. The van der Waals surface area contributed by atoms with Crippen molar-refractivity contribution in [3.05, 3.63) is 31.8 Å². The predicted molar refractivity (Wildman–Crippen MR) is 108 cm³/mol. The van der Waals surface area contributed by atoms with E-state index in [-0.39, 0.29) is 18.1 Å². The fourth-order valence-electron chi connectivity index (χ4n) is 3.99. The fourth-order valence-corrected chi connectivity index (χ4v) is 5.74. The minimum absolute atomic E-state index is 0.0802. The van der Waals surface area contributed by atoms with Crippen molar-refractivity contribution in [2.75, 3.05) is 13.1 Å². The van der Waals surface area contributed by atoms with Gasteiger partial charge in [0.1, 0.15) is 11.8 Å². The highest BCUT2D eigenvalue weighted by Gasteiger charge is 2.35. The molecule has 1 saturated carbocycles. The van der Waals surface area contributed by atoms with E-state index in [4.69, 9.17) is 0 Å². The van der Waals surface area contributed by atoms with E-state index < -0.39 is 52.7 Å². The van der Waals surface area contributed by atoms with Crippen LogP contribution in [0.3, 0.4) is 0 Å². The number of alkyl halides is 3. The van der Waals surface area contributed by atoms with Gasteiger partial charge in [0.15, 0.2) is 4.88 Å². The Balaban J connectivity index is 1.83. The molecule has 2 aliphatic rings. The molecule has 1 aliphatic heterocycles. The second-order valence-corrected chi connectivity index (χ2v) is 9.83. The Kier molecular flexibility index (Phi) is 5.44. The molecule has 2 aromatic heterocycles. The topological polar surface area (TPSA) is 93.4 Å². The molecule has 8 nitrogen and oxygen atoms in total. The zero-order chi connectivity index (χ0) is 22.5. The number of hydrogen-bond donors (Lipinski definition) is 1. The van der Waals surface area contributed by atoms with E-state index in [1.165, 1.54) is 4.90 Å². The van der Waals surface area contributed by atoms with Crippen LogP contribution in [0.15, 0.2) is 15.7 Å². The Morgan fingerprint density at radius 1 is 1.19 bits per heavy atom. The van der Waals surface area contributed by atoms with Crippen LogP contribution in [0.5, 0.6) is 0 Å². The van der Waals surface area contributed by atoms with Crippen LogP contribution in [-0.2, 0) is 28.9 Å². The third-order valence-corrected chi connectivity index (χ3v) is 7.95. The monoisotopic (exact) mass is 459 g/mol. The summed E-state index contributed by atoms with van der Waals surface area (Å²) < 4.78 is 41.2. The van der Waals surface area contributed by atoms with Crippen LogP contribution in [0.25, 0.3) is 10.2 Å². The van der Waals surface area contributed by atoms with Gasteiger partial charge < -0.3 is 10.2 Å². The number of nitrogens with one attached hydrogen (secondary N) is 1. The maximum atomic E-state index is 13.2. The lowest BCUT2D eigenvalue weighted by molar-refractivity contribution is -0.148. The first kappa shape index (κ1) is 21.6. The zero-order valence-electron chi connectivity index (χ0n) is 16.8. The van der Waals surface area contributed by atoms with Crippen molar-refractivity contribution in [3.63, 3.8) is 0 Å². The number of halogens is 3. The Morgan fingerprint density at radius 2 is 1.90 bits per heavy atom. The number of thiophene rings is 1. The van der Waals surface area contributed by atoms with Crippen molar-refractivity contribution >= 4 is 32.5 Å². The average Bonchev–Trinajstić information content (AvgIpc) is 2.96. The highest BCUT2D eigenvalue weighted by Crippen LogP contribution is 2.35. The summed E-state index contributed by atoms with van der Waals surface area (Å²) in [6.07, 6.45) is -1.73. The smallest absolute Gasteiger partial charge is 0.346 e. The van der Waals surface area contributed by atoms with Gasteiger partial charge in [-0.05, 0) is 29.7 Å². The number of aryl methyl sites for hydroxylation is 2. The SMILES string of the molecule is C[s+]1c(CN2CCNC(=O)C2=O)cc2c1c(=O)n(C1CCC1)c(=O)n2CCC(F)(F)F. The number of aromatic nitrogens is 2. The second kappa shape index (κ2) is 7.81. The van der Waals surface area contributed by atoms with Gasteiger partial charge in [0.05, 0.1) is 13.0 Å². The third kappa shape index (κ3) is 3.88. The first-order chi connectivity index (χ1) is 14.6. The predicted octanol–water partition coefficient (Wildman–Crippen LogP) is 1.59. The molecule has 1 atom stereocenters. The molecule has 0 aromatic carbocycles. The van der Waals surface area contributed by atoms with Gasteiger partial charge in [0, 0.05) is 31.7 Å². The van der Waals surface area contributed by atoms with Crippen molar-refractivity contribution in [3.8, 4) is 0 Å². The van der Waals surface area contributed by atoms with Gasteiger partial charge in [-0.2, -0.15) is 13.2 Å². The Hall–Kier alpha value is -2.63. The highest BCUT2D eigenvalue weighted by atomic mass is 32.2. The van der Waals surface area contributed by atoms with E-state index >= 15 is 0 Å². The quantitative estimate of drug-likeness (QED) is 0.543. The van der Waals surface area contributed by atoms with Crippen molar-refractivity contribution in [2.45, 2.75) is 51.0 Å². The molecule has 2 fully saturated rings. The standard InChI is InChI=1S/C19H21F3N4O4S/c1-31-12(10-24-8-6-23-15(27)17(24)29)9-13-14(31)16(28)26(11-3-2-4-11)18(30)25(13)7-5-19(20,21)22/h9,11H,2-8,10H2,1H3/p+1. The molecule has 1 aliphatic carbocycles. The van der Waals surface area contributed by atoms with E-state index in [1.807, 2.05) is 0 Å². The summed E-state index contributed by atoms with van der Waals surface area (Å²) in [6.45, 7) is 0.0935. The largest absolute Gasteiger partial charge is 0.390 e. The number of hydrogen-bond acceptors (Lipinski definition) is 4. The van der Waals surface area contributed by atoms with Crippen LogP contribution in [0.1, 0.15) is 36.6 Å². The average molecular weight is 459 g/mol. The van der Waals surface area contributed by atoms with Crippen LogP contribution in [0.2, 0.25) is 0 Å². The maximum Gasteiger partial charge on any atom is 0.390 e. The molecule has 1 N–H and O–H groups in total. The minimum atomic E-state index is -4.45. The number of carbonyl (C=O) groups excluding carboxylic acids is 2. The first-order valence-electron chi connectivity index (χ1n) is 9.98. The summed E-state index contributed by atoms with van der Waals surface area (Å²) in [6, 6.07) is 1.25. The Labute approximate surface area is 177 Å². The number of fused-ring (bicyclic) bond motifs is 1. The summed E-state index contributed by atoms with van der Waals surface area (Å²) in [4.78, 5) is 52.0. The fraction of sp³-hybridized carbons (Fsp3) is 0.579. The molecule has 1 saturated heterocycles. The Morgan fingerprint density at radius 3 is 2.52 bits per heavy atom. The first-order valence-corrected chi connectivity index (χ1v) is 11.6. The van der Waals surface area contributed by atoms with Gasteiger partial charge in [-0.25, -0.2) is 4.79 Å². The number of nitrogens with zero attached hydrogens (tertiary/aromatic N) is 3. The zero-order valence-corrected chi connectivity index (χ0v) is 17.6. The number of amides is 2. The van der Waals surface area contributed by atoms with Crippen molar-refractivity contribution in [1.82, 2.24) is 19.4 Å². The van der Waals surface area contributed by atoms with Gasteiger partial charge in [-0.15, -0.1) is 0 Å². The van der Waals surface area contributed by atoms with E-state index in [9.17, 15) is 32.3 Å². The van der Waals surface area contributed by atoms with E-state index in [0.717, 1.165) is 15.6 Å². The molecule has 31 heavy (non-hydrogen) atoms. The van der Waals surface area contributed by atoms with Crippen LogP contribution in [0, 0.1) is 0 Å². The van der Waals surface area contributed by atoms with Crippen LogP contribution >= 0.6 is 10.5 Å². The molecular formula is C19H22F3N4O4S+. The second-order valence-electron chi connectivity index (χ2n) is 7.88. The molecular weight excluding hydrogens is 437 g/mol. The van der Waals surface area contributed by atoms with Gasteiger partial charge in [0.2, 0.25) is 0 Å². The molecule has 0 radical (unpaired) electrons. The number of piperazine rings is 1. The maximum absolute atomic E-state index is 13.2. The van der Waals surface area contributed by atoms with Gasteiger partial charge in [-0.1, -0.05) is 0 Å². The summed E-state index contributed by atoms with van der Waals surface area (Å²) in [5, 5.41) is 2.45. The lowest BCUT2D eigenvalue weighted by Crippen LogP contribution is -2.51. The van der Waals surface area contributed by atoms with E-state index in [0.29, 0.717) is 35.5 Å². The third-order valence-electron chi connectivity index (χ3n) is 5.92. The molecule has 1 unspecified atom stereocenters. The van der Waals surface area contributed by atoms with Crippen molar-refractivity contribution in [2.24, 2.45) is 6.26 Å². The van der Waals surface area contributed by atoms with E-state index in [1.54, 1.807) is 12.3 Å². The van der Waals surface area contributed by atoms with Crippen LogP contribution < -0.4 is 16.6 Å². The Bertz CT molecular complexity index is 1180. The van der Waals surface area contributed by atoms with Gasteiger partial charge >= 0.3 is 29.2 Å². The van der Waals surface area contributed by atoms with Crippen LogP contribution in [0.4, 0.5) is 13.2 Å². The molecule has 0 bridgehead atoms. The summed E-state index contributed by atoms with van der Waals surface area (Å²) in [5.41, 5.74) is -1.00. The summed E-state index contributed by atoms with van der Waals surface area (Å²) in [7, 11) is -0.812. The lowest BCUT2D eigenvalue weighted by Gasteiger charge is -2.27. The molecule has 2 aromatic rings. The van der Waals surface area contributed by atoms with Crippen molar-refractivity contribution < 1.29 is 22.8 Å². The minimum Gasteiger partial charge on any atom is -0.346 e. The van der Waals surface area contributed by atoms with E-state index in [2.05, 4.69) is 5.32 Å². The molecule has 4 rings (SSSR count). The molecule has 12 heteroatoms. The summed E-state index contributed by atoms with van der Waals surface area (Å²) >= 11 is 0. The summed E-state index contributed by atoms with van der Waals surface area (Å²) in [5.74, 6) is -1.41. The van der Waals surface area contributed by atoms with Crippen molar-refractivity contribution in [1.29, 1.82) is 0 Å². The highest BCUT2D eigenvalue weighted by molar-refractivity contribution is 7.35. The van der Waals surface area contributed by atoms with Crippen LogP contribution in [-0.4, -0.2) is 45.1 Å². The van der Waals surface area contributed by atoms with Gasteiger partial charge in [0.25, 0.3) is 4.70 Å². The molecule has 2 amide bonds.